The maximum absolute atomic E-state index is 3.44. The first-order valence-electron chi connectivity index (χ1n) is 3.94. The Hall–Kier alpha value is -0.0400. The van der Waals surface area contributed by atoms with Crippen molar-refractivity contribution >= 4 is 0 Å². The molecular weight excluding hydrogens is 110 g/mol. The van der Waals surface area contributed by atoms with E-state index in [0.29, 0.717) is 5.54 Å². The molecule has 0 radical (unpaired) electrons. The smallest absolute Gasteiger partial charge is 0.0281 e. The zero-order valence-corrected chi connectivity index (χ0v) is 6.70. The zero-order valence-electron chi connectivity index (χ0n) is 6.70. The molecule has 0 spiro atoms. The molecule has 9 heavy (non-hydrogen) atoms. The summed E-state index contributed by atoms with van der Waals surface area (Å²) in [5.41, 5.74) is 0.467. The van der Waals surface area contributed by atoms with Gasteiger partial charge in [0.25, 0.3) is 0 Å². The molecule has 1 unspecified atom stereocenters. The summed E-state index contributed by atoms with van der Waals surface area (Å²) in [6.07, 6.45) is 4.07. The van der Waals surface area contributed by atoms with Crippen LogP contribution in [0, 0.1) is 0 Å². The molecular formula is C8H17N. The lowest BCUT2D eigenvalue weighted by atomic mass is 10.1. The largest absolute Gasteiger partial charge is 0.306 e. The Bertz CT molecular complexity index is 96.7. The number of hydrogen-bond donors (Lipinski definition) is 1. The molecule has 1 aliphatic rings. The third kappa shape index (κ3) is 1.68. The van der Waals surface area contributed by atoms with E-state index in [1.807, 2.05) is 0 Å². The summed E-state index contributed by atoms with van der Waals surface area (Å²) in [5.74, 6) is 0. The van der Waals surface area contributed by atoms with E-state index in [2.05, 4.69) is 26.1 Å². The summed E-state index contributed by atoms with van der Waals surface area (Å²) in [7, 11) is 0. The van der Waals surface area contributed by atoms with Gasteiger partial charge in [0.05, 0.1) is 0 Å². The van der Waals surface area contributed by atoms with Gasteiger partial charge in [-0.15, -0.1) is 0 Å². The van der Waals surface area contributed by atoms with Crippen LogP contribution in [0.3, 0.4) is 0 Å². The second-order valence-corrected chi connectivity index (χ2v) is 3.56. The lowest BCUT2D eigenvalue weighted by molar-refractivity contribution is 0.654. The van der Waals surface area contributed by atoms with E-state index in [-0.39, 0.29) is 0 Å². The molecule has 1 aliphatic heterocycles. The normalized spacial score (nSPS) is 30.3. The average Bonchev–Trinajstić information content (AvgIpc) is 2.35. The minimum absolute atomic E-state index is 0.467. The number of rotatable bonds is 3. The quantitative estimate of drug-likeness (QED) is 0.575. The highest BCUT2D eigenvalue weighted by atomic mass is 15.2. The fraction of sp³-hybridized carbons (Fsp3) is 1.00. The Morgan fingerprint density at radius 2 is 2.00 bits per heavy atom. The fourth-order valence-electron chi connectivity index (χ4n) is 1.25. The Kier molecular flexibility index (Phi) is 1.80. The summed E-state index contributed by atoms with van der Waals surface area (Å²) >= 11 is 0. The van der Waals surface area contributed by atoms with Gasteiger partial charge in [-0.1, -0.05) is 19.8 Å². The minimum Gasteiger partial charge on any atom is -0.306 e. The maximum Gasteiger partial charge on any atom is 0.0281 e. The molecule has 0 bridgehead atoms. The molecule has 54 valence electrons. The van der Waals surface area contributed by atoms with Crippen LogP contribution in [0.2, 0.25) is 0 Å². The number of hydrogen-bond acceptors (Lipinski definition) is 1. The Balaban J connectivity index is 2.06. The molecule has 1 atom stereocenters. The lowest BCUT2D eigenvalue weighted by Crippen LogP contribution is -2.03. The van der Waals surface area contributed by atoms with Gasteiger partial charge >= 0.3 is 0 Å². The van der Waals surface area contributed by atoms with Crippen molar-refractivity contribution in [3.63, 3.8) is 0 Å². The van der Waals surface area contributed by atoms with E-state index in [9.17, 15) is 0 Å². The van der Waals surface area contributed by atoms with Crippen molar-refractivity contribution in [2.24, 2.45) is 0 Å². The molecule has 1 heteroatoms. The molecule has 1 fully saturated rings. The van der Waals surface area contributed by atoms with Gasteiger partial charge in [0.2, 0.25) is 0 Å². The van der Waals surface area contributed by atoms with Crippen molar-refractivity contribution in [1.82, 2.24) is 5.32 Å². The monoisotopic (exact) mass is 127 g/mol. The highest BCUT2D eigenvalue weighted by Crippen LogP contribution is 2.28. The molecule has 0 aromatic heterocycles. The van der Waals surface area contributed by atoms with Crippen molar-refractivity contribution < 1.29 is 0 Å². The molecule has 0 aromatic carbocycles. The van der Waals surface area contributed by atoms with Gasteiger partial charge in [0.1, 0.15) is 0 Å². The fourth-order valence-corrected chi connectivity index (χ4v) is 1.25. The number of unbranched alkanes of at least 4 members (excludes halogenated alkanes) is 1. The van der Waals surface area contributed by atoms with Crippen LogP contribution in [0.4, 0.5) is 0 Å². The van der Waals surface area contributed by atoms with E-state index in [1.165, 1.54) is 19.3 Å². The Morgan fingerprint density at radius 3 is 2.33 bits per heavy atom. The summed E-state index contributed by atoms with van der Waals surface area (Å²) in [6.45, 7) is 6.79. The topological polar surface area (TPSA) is 21.9 Å². The molecule has 1 nitrogen and oxygen atoms in total. The van der Waals surface area contributed by atoms with Crippen LogP contribution in [0.1, 0.15) is 40.0 Å². The van der Waals surface area contributed by atoms with Crippen LogP contribution in [-0.4, -0.2) is 11.6 Å². The van der Waals surface area contributed by atoms with Gasteiger partial charge < -0.3 is 5.32 Å². The van der Waals surface area contributed by atoms with Crippen LogP contribution >= 0.6 is 0 Å². The molecule has 1 saturated heterocycles. The van der Waals surface area contributed by atoms with E-state index < -0.39 is 0 Å². The van der Waals surface area contributed by atoms with Crippen molar-refractivity contribution in [2.75, 3.05) is 0 Å². The standard InChI is InChI=1S/C8H17N/c1-4-5-6-7-8(2,3)9-7/h7,9H,4-6H2,1-3H3. The molecule has 1 heterocycles. The van der Waals surface area contributed by atoms with Gasteiger partial charge in [-0.25, -0.2) is 0 Å². The van der Waals surface area contributed by atoms with E-state index in [1.54, 1.807) is 0 Å². The second kappa shape index (κ2) is 2.30. The molecule has 0 amide bonds. The molecule has 0 saturated carbocycles. The summed E-state index contributed by atoms with van der Waals surface area (Å²) in [5, 5.41) is 3.44. The Morgan fingerprint density at radius 1 is 1.44 bits per heavy atom. The predicted octanol–water partition coefficient (Wildman–Crippen LogP) is 1.93. The van der Waals surface area contributed by atoms with Crippen LogP contribution in [0.15, 0.2) is 0 Å². The first-order chi connectivity index (χ1) is 4.17. The third-order valence-corrected chi connectivity index (χ3v) is 2.18. The van der Waals surface area contributed by atoms with Gasteiger partial charge in [-0.3, -0.25) is 0 Å². The highest BCUT2D eigenvalue weighted by molar-refractivity contribution is 5.06. The van der Waals surface area contributed by atoms with Gasteiger partial charge in [-0.05, 0) is 20.3 Å². The molecule has 0 aliphatic carbocycles. The van der Waals surface area contributed by atoms with Crippen molar-refractivity contribution in [1.29, 1.82) is 0 Å². The zero-order chi connectivity index (χ0) is 6.91. The van der Waals surface area contributed by atoms with Crippen LogP contribution in [-0.2, 0) is 0 Å². The molecule has 1 rings (SSSR count). The molecule has 0 aromatic rings. The minimum atomic E-state index is 0.467. The molecule has 1 N–H and O–H groups in total. The van der Waals surface area contributed by atoms with Crippen molar-refractivity contribution in [3.8, 4) is 0 Å². The summed E-state index contributed by atoms with van der Waals surface area (Å²) in [4.78, 5) is 0. The van der Waals surface area contributed by atoms with Crippen LogP contribution in [0.5, 0.6) is 0 Å². The van der Waals surface area contributed by atoms with Crippen LogP contribution in [0.25, 0.3) is 0 Å². The first kappa shape index (κ1) is 7.07. The van der Waals surface area contributed by atoms with Gasteiger partial charge in [0, 0.05) is 11.6 Å². The van der Waals surface area contributed by atoms with Gasteiger partial charge in [0.15, 0.2) is 0 Å². The van der Waals surface area contributed by atoms with E-state index in [0.717, 1.165) is 6.04 Å². The highest BCUT2D eigenvalue weighted by Gasteiger charge is 2.43. The maximum atomic E-state index is 3.44. The second-order valence-electron chi connectivity index (χ2n) is 3.56. The van der Waals surface area contributed by atoms with Crippen LogP contribution < -0.4 is 5.32 Å². The van der Waals surface area contributed by atoms with E-state index in [4.69, 9.17) is 0 Å². The SMILES string of the molecule is CCCCC1NC1(C)C. The first-order valence-corrected chi connectivity index (χ1v) is 3.94. The third-order valence-electron chi connectivity index (χ3n) is 2.18. The lowest BCUT2D eigenvalue weighted by Gasteiger charge is -1.96. The number of nitrogens with one attached hydrogen (secondary N) is 1. The van der Waals surface area contributed by atoms with Crippen molar-refractivity contribution in [3.05, 3.63) is 0 Å². The predicted molar refractivity (Wildman–Crippen MR) is 40.5 cm³/mol. The van der Waals surface area contributed by atoms with Crippen molar-refractivity contribution in [2.45, 2.75) is 51.6 Å². The summed E-state index contributed by atoms with van der Waals surface area (Å²) < 4.78 is 0. The Labute approximate surface area is 57.8 Å². The summed E-state index contributed by atoms with van der Waals surface area (Å²) in [6, 6.07) is 0.817. The van der Waals surface area contributed by atoms with Gasteiger partial charge in [-0.2, -0.15) is 0 Å². The average molecular weight is 127 g/mol. The van der Waals surface area contributed by atoms with E-state index >= 15 is 0 Å².